The van der Waals surface area contributed by atoms with E-state index in [2.05, 4.69) is 11.7 Å². The predicted molar refractivity (Wildman–Crippen MR) is 125 cm³/mol. The molecule has 1 aromatic carbocycles. The van der Waals surface area contributed by atoms with Gasteiger partial charge >= 0.3 is 5.97 Å². The first-order valence-electron chi connectivity index (χ1n) is 12.4. The van der Waals surface area contributed by atoms with E-state index in [4.69, 9.17) is 0 Å². The van der Waals surface area contributed by atoms with Crippen LogP contribution in [0, 0.1) is 11.3 Å². The minimum Gasteiger partial charge on any atom is -0.463 e. The zero-order valence-corrected chi connectivity index (χ0v) is 19.9. The Kier molecular flexibility index (Phi) is 8.82. The highest BCUT2D eigenvalue weighted by Crippen LogP contribution is 2.53. The molecule has 2 aliphatic rings. The summed E-state index contributed by atoms with van der Waals surface area (Å²) in [4.78, 5) is 35.3. The average Bonchev–Trinajstić information content (AvgIpc) is 3.07. The molecule has 1 aromatic rings. The van der Waals surface area contributed by atoms with Crippen molar-refractivity contribution in [2.24, 2.45) is 11.3 Å². The lowest BCUT2D eigenvalue weighted by atomic mass is 9.61. The van der Waals surface area contributed by atoms with Gasteiger partial charge in [0.25, 0.3) is 0 Å². The maximum atomic E-state index is 12.6. The Labute approximate surface area is 196 Å². The maximum absolute atomic E-state index is 12.6. The number of carbonyl (C=O) groups excluding carboxylic acids is 3. The number of ether oxygens (including phenoxy) is 1. The molecule has 2 fully saturated rings. The molecule has 33 heavy (non-hydrogen) atoms. The van der Waals surface area contributed by atoms with Crippen molar-refractivity contribution in [1.29, 1.82) is 0 Å². The van der Waals surface area contributed by atoms with E-state index in [0.717, 1.165) is 49.7 Å². The molecule has 0 bridgehead atoms. The van der Waals surface area contributed by atoms with Crippen LogP contribution in [0.2, 0.25) is 0 Å². The van der Waals surface area contributed by atoms with Crippen molar-refractivity contribution < 1.29 is 29.3 Å². The van der Waals surface area contributed by atoms with Gasteiger partial charge in [0.15, 0.2) is 0 Å². The van der Waals surface area contributed by atoms with Crippen LogP contribution in [0.5, 0.6) is 0 Å². The van der Waals surface area contributed by atoms with Gasteiger partial charge in [0.1, 0.15) is 5.78 Å². The fourth-order valence-corrected chi connectivity index (χ4v) is 5.83. The van der Waals surface area contributed by atoms with Crippen molar-refractivity contribution in [2.45, 2.75) is 95.7 Å². The highest BCUT2D eigenvalue weighted by atomic mass is 16.5. The van der Waals surface area contributed by atoms with Crippen LogP contribution in [0.1, 0.15) is 101 Å². The number of hydrogen-bond acceptors (Lipinski definition) is 6. The van der Waals surface area contributed by atoms with Gasteiger partial charge in [-0.3, -0.25) is 9.59 Å². The molecule has 4 atom stereocenters. The van der Waals surface area contributed by atoms with Crippen molar-refractivity contribution in [3.8, 4) is 0 Å². The SMILES string of the molecule is CCCC1(C(O)c2ccc(C3C(O)CC(=O)C3CCCCCC(=O)C(=O)OC)cc2)CCC1. The van der Waals surface area contributed by atoms with Crippen molar-refractivity contribution >= 4 is 17.5 Å². The van der Waals surface area contributed by atoms with Gasteiger partial charge < -0.3 is 14.9 Å². The lowest BCUT2D eigenvalue weighted by molar-refractivity contribution is -0.151. The van der Waals surface area contributed by atoms with Crippen molar-refractivity contribution in [1.82, 2.24) is 0 Å². The lowest BCUT2D eigenvalue weighted by Gasteiger charge is -2.46. The highest BCUT2D eigenvalue weighted by molar-refractivity contribution is 6.33. The second-order valence-corrected chi connectivity index (χ2v) is 9.92. The highest BCUT2D eigenvalue weighted by Gasteiger charge is 2.44. The van der Waals surface area contributed by atoms with E-state index >= 15 is 0 Å². The average molecular weight is 459 g/mol. The van der Waals surface area contributed by atoms with Gasteiger partial charge in [0.2, 0.25) is 5.78 Å². The van der Waals surface area contributed by atoms with E-state index in [-0.39, 0.29) is 35.9 Å². The summed E-state index contributed by atoms with van der Waals surface area (Å²) in [6, 6.07) is 7.85. The zero-order valence-electron chi connectivity index (χ0n) is 19.9. The summed E-state index contributed by atoms with van der Waals surface area (Å²) < 4.78 is 4.43. The van der Waals surface area contributed by atoms with Gasteiger partial charge in [-0.2, -0.15) is 0 Å². The van der Waals surface area contributed by atoms with Crippen LogP contribution in [0.15, 0.2) is 24.3 Å². The summed E-state index contributed by atoms with van der Waals surface area (Å²) in [6.07, 6.45) is 7.25. The summed E-state index contributed by atoms with van der Waals surface area (Å²) in [5.41, 5.74) is 1.85. The molecule has 2 N–H and O–H groups in total. The molecular formula is C27H38O6. The summed E-state index contributed by atoms with van der Waals surface area (Å²) in [5, 5.41) is 21.6. The Bertz CT molecular complexity index is 826. The fraction of sp³-hybridized carbons (Fsp3) is 0.667. The Hall–Kier alpha value is -2.05. The van der Waals surface area contributed by atoms with Gasteiger partial charge in [0.05, 0.1) is 19.3 Å². The molecular weight excluding hydrogens is 420 g/mol. The third-order valence-electron chi connectivity index (χ3n) is 7.82. The number of hydrogen-bond donors (Lipinski definition) is 2. The van der Waals surface area contributed by atoms with E-state index in [0.29, 0.717) is 12.8 Å². The van der Waals surface area contributed by atoms with Gasteiger partial charge in [-0.15, -0.1) is 0 Å². The number of carbonyl (C=O) groups is 3. The van der Waals surface area contributed by atoms with Crippen LogP contribution in [-0.2, 0) is 19.1 Å². The molecule has 0 aliphatic heterocycles. The molecule has 0 aromatic heterocycles. The largest absolute Gasteiger partial charge is 0.463 e. The van der Waals surface area contributed by atoms with E-state index in [1.807, 2.05) is 24.3 Å². The first kappa shape index (κ1) is 25.6. The number of unbranched alkanes of at least 4 members (excludes halogenated alkanes) is 2. The van der Waals surface area contributed by atoms with Gasteiger partial charge in [-0.25, -0.2) is 4.79 Å². The first-order chi connectivity index (χ1) is 15.8. The number of aliphatic hydroxyl groups is 2. The van der Waals surface area contributed by atoms with Crippen molar-refractivity contribution in [3.05, 3.63) is 35.4 Å². The van der Waals surface area contributed by atoms with Gasteiger partial charge in [-0.1, -0.05) is 56.9 Å². The standard InChI is InChI=1S/C27H38O6/c1-3-14-27(15-7-16-27)25(31)19-12-10-18(11-13-19)24-20(22(29)17-23(24)30)8-5-4-6-9-21(28)26(32)33-2/h10-13,20,23-25,30-31H,3-9,14-17H2,1-2H3. The molecule has 182 valence electrons. The minimum atomic E-state index is -0.810. The number of Topliss-reactive ketones (excluding diaryl/α,β-unsaturated/α-hetero) is 2. The number of rotatable bonds is 12. The molecule has 0 radical (unpaired) electrons. The van der Waals surface area contributed by atoms with Gasteiger partial charge in [-0.05, 0) is 43.2 Å². The topological polar surface area (TPSA) is 101 Å². The van der Waals surface area contributed by atoms with Crippen LogP contribution in [-0.4, -0.2) is 41.0 Å². The molecule has 0 heterocycles. The zero-order chi connectivity index (χ0) is 24.0. The number of esters is 1. The second kappa shape index (κ2) is 11.4. The number of benzene rings is 1. The smallest absolute Gasteiger partial charge is 0.374 e. The van der Waals surface area contributed by atoms with E-state index in [1.54, 1.807) is 0 Å². The summed E-state index contributed by atoms with van der Waals surface area (Å²) in [5.74, 6) is -1.74. The second-order valence-electron chi connectivity index (χ2n) is 9.92. The lowest BCUT2D eigenvalue weighted by Crippen LogP contribution is -2.36. The Balaban J connectivity index is 1.59. The summed E-state index contributed by atoms with van der Waals surface area (Å²) in [6.45, 7) is 2.16. The molecule has 6 nitrogen and oxygen atoms in total. The van der Waals surface area contributed by atoms with Crippen LogP contribution >= 0.6 is 0 Å². The molecule has 2 aliphatic carbocycles. The molecule has 3 rings (SSSR count). The van der Waals surface area contributed by atoms with Crippen LogP contribution in [0.3, 0.4) is 0 Å². The quantitative estimate of drug-likeness (QED) is 0.273. The molecule has 6 heteroatoms. The van der Waals surface area contributed by atoms with Crippen LogP contribution in [0.4, 0.5) is 0 Å². The molecule has 0 amide bonds. The Morgan fingerprint density at radius 1 is 1.15 bits per heavy atom. The van der Waals surface area contributed by atoms with E-state index < -0.39 is 24.0 Å². The predicted octanol–water partition coefficient (Wildman–Crippen LogP) is 4.42. The first-order valence-corrected chi connectivity index (χ1v) is 12.4. The summed E-state index contributed by atoms with van der Waals surface area (Å²) in [7, 11) is 1.20. The fourth-order valence-electron chi connectivity index (χ4n) is 5.83. The van der Waals surface area contributed by atoms with E-state index in [1.165, 1.54) is 13.5 Å². The third-order valence-corrected chi connectivity index (χ3v) is 7.82. The summed E-state index contributed by atoms with van der Waals surface area (Å²) >= 11 is 0. The Morgan fingerprint density at radius 3 is 2.42 bits per heavy atom. The Morgan fingerprint density at radius 2 is 1.85 bits per heavy atom. The van der Waals surface area contributed by atoms with Crippen molar-refractivity contribution in [2.75, 3.05) is 7.11 Å². The monoisotopic (exact) mass is 458 g/mol. The third kappa shape index (κ3) is 5.72. The van der Waals surface area contributed by atoms with Crippen LogP contribution in [0.25, 0.3) is 0 Å². The van der Waals surface area contributed by atoms with Crippen LogP contribution < -0.4 is 0 Å². The van der Waals surface area contributed by atoms with Gasteiger partial charge in [0, 0.05) is 30.1 Å². The van der Waals surface area contributed by atoms with Crippen molar-refractivity contribution in [3.63, 3.8) is 0 Å². The number of methoxy groups -OCH3 is 1. The molecule has 0 spiro atoms. The number of aliphatic hydroxyl groups excluding tert-OH is 2. The molecule has 2 saturated carbocycles. The maximum Gasteiger partial charge on any atom is 0.374 e. The molecule has 0 saturated heterocycles. The molecule has 4 unspecified atom stereocenters. The van der Waals surface area contributed by atoms with E-state index in [9.17, 15) is 24.6 Å². The number of ketones is 2. The minimum absolute atomic E-state index is 0.00309. The normalized spacial score (nSPS) is 24.8.